The van der Waals surface area contributed by atoms with Crippen molar-refractivity contribution in [3.8, 4) is 11.3 Å². The molecule has 39 heavy (non-hydrogen) atoms. The summed E-state index contributed by atoms with van der Waals surface area (Å²) in [6.07, 6.45) is 5.30. The normalized spacial score (nSPS) is 19.4. The molecule has 3 aromatic rings. The first-order valence-corrected chi connectivity index (χ1v) is 14.0. The number of aromatic nitrogens is 2. The molecule has 1 amide bonds. The fraction of sp³-hybridized carbons (Fsp3) is 0.433. The number of aliphatic hydroxyl groups excluding tert-OH is 1. The zero-order valence-corrected chi connectivity index (χ0v) is 22.9. The van der Waals surface area contributed by atoms with Gasteiger partial charge >= 0.3 is 0 Å². The third-order valence-electron chi connectivity index (χ3n) is 8.12. The van der Waals surface area contributed by atoms with Gasteiger partial charge in [0.25, 0.3) is 0 Å². The van der Waals surface area contributed by atoms with Gasteiger partial charge in [-0.15, -0.1) is 0 Å². The summed E-state index contributed by atoms with van der Waals surface area (Å²) in [5.74, 6) is 0.426. The van der Waals surface area contributed by atoms with Gasteiger partial charge in [-0.3, -0.25) is 9.69 Å². The molecule has 6 rings (SSSR count). The minimum Gasteiger partial charge on any atom is -0.394 e. The van der Waals surface area contributed by atoms with Crippen LogP contribution >= 0.6 is 11.6 Å². The number of aliphatic hydroxyl groups is 1. The molecule has 0 unspecified atom stereocenters. The van der Waals surface area contributed by atoms with Gasteiger partial charge in [0.05, 0.1) is 29.1 Å². The lowest BCUT2D eigenvalue weighted by Crippen LogP contribution is -2.50. The van der Waals surface area contributed by atoms with Gasteiger partial charge < -0.3 is 20.5 Å². The molecular weight excluding hydrogens is 514 g/mol. The highest BCUT2D eigenvalue weighted by atomic mass is 35.5. The quantitative estimate of drug-likeness (QED) is 0.389. The molecular formula is C30H34ClN5O3. The SMILES string of the molecule is Cc1cccc(C2(NC(=O)[C@@H](CO)N3Cc4ccc(-c5nc(NC6CCOCC6)ncc5Cl)cc4C3)CC2)c1. The van der Waals surface area contributed by atoms with Crippen molar-refractivity contribution in [1.82, 2.24) is 20.2 Å². The standard InChI is InChI=1S/C30H34ClN5O3/c1-19-3-2-4-23(13-19)30(9-10-30)35-28(38)26(18-37)36-16-21-6-5-20(14-22(21)17-36)27-25(31)15-32-29(34-27)33-24-7-11-39-12-8-24/h2-6,13-15,24,26,37H,7-12,16-18H2,1H3,(H,35,38)(H,32,33,34)/t26-/m1/s1. The van der Waals surface area contributed by atoms with E-state index in [1.165, 1.54) is 5.56 Å². The van der Waals surface area contributed by atoms with Crippen molar-refractivity contribution in [1.29, 1.82) is 0 Å². The van der Waals surface area contributed by atoms with Crippen LogP contribution in [0.4, 0.5) is 5.95 Å². The average Bonchev–Trinajstić information content (AvgIpc) is 3.60. The molecule has 3 aliphatic rings. The summed E-state index contributed by atoms with van der Waals surface area (Å²) in [5, 5.41) is 17.4. The van der Waals surface area contributed by atoms with E-state index in [9.17, 15) is 9.90 Å². The van der Waals surface area contributed by atoms with Crippen LogP contribution in [0.15, 0.2) is 48.7 Å². The highest BCUT2D eigenvalue weighted by Gasteiger charge is 2.47. The number of nitrogens with one attached hydrogen (secondary N) is 2. The molecule has 1 aliphatic carbocycles. The molecule has 0 spiro atoms. The fourth-order valence-corrected chi connectivity index (χ4v) is 5.89. The lowest BCUT2D eigenvalue weighted by molar-refractivity contribution is -0.129. The Kier molecular flexibility index (Phi) is 7.29. The molecule has 9 heteroatoms. The highest BCUT2D eigenvalue weighted by molar-refractivity contribution is 6.32. The lowest BCUT2D eigenvalue weighted by Gasteiger charge is -2.28. The van der Waals surface area contributed by atoms with Crippen molar-refractivity contribution in [2.45, 2.75) is 63.3 Å². The van der Waals surface area contributed by atoms with E-state index in [4.69, 9.17) is 21.3 Å². The van der Waals surface area contributed by atoms with E-state index in [0.29, 0.717) is 29.8 Å². The summed E-state index contributed by atoms with van der Waals surface area (Å²) in [5.41, 5.74) is 5.80. The smallest absolute Gasteiger partial charge is 0.240 e. The zero-order valence-electron chi connectivity index (χ0n) is 22.1. The van der Waals surface area contributed by atoms with Crippen LogP contribution in [0, 0.1) is 6.92 Å². The number of rotatable bonds is 8. The Labute approximate surface area is 233 Å². The van der Waals surface area contributed by atoms with Gasteiger partial charge in [0.15, 0.2) is 0 Å². The maximum Gasteiger partial charge on any atom is 0.240 e. The summed E-state index contributed by atoms with van der Waals surface area (Å²) in [7, 11) is 0. The van der Waals surface area contributed by atoms with E-state index >= 15 is 0 Å². The average molecular weight is 548 g/mol. The topological polar surface area (TPSA) is 99.6 Å². The number of halogens is 1. The van der Waals surface area contributed by atoms with Crippen LogP contribution in [0.5, 0.6) is 0 Å². The summed E-state index contributed by atoms with van der Waals surface area (Å²) in [6, 6.07) is 14.1. The first-order chi connectivity index (χ1) is 18.9. The monoisotopic (exact) mass is 547 g/mol. The summed E-state index contributed by atoms with van der Waals surface area (Å²) in [4.78, 5) is 24.5. The van der Waals surface area contributed by atoms with Crippen LogP contribution in [0.25, 0.3) is 11.3 Å². The van der Waals surface area contributed by atoms with E-state index in [1.54, 1.807) is 6.20 Å². The lowest BCUT2D eigenvalue weighted by atomic mass is 10.0. The molecule has 1 aromatic heterocycles. The summed E-state index contributed by atoms with van der Waals surface area (Å²) in [6.45, 7) is 4.45. The number of fused-ring (bicyclic) bond motifs is 1. The predicted octanol–water partition coefficient (Wildman–Crippen LogP) is 4.18. The zero-order chi connectivity index (χ0) is 27.0. The highest BCUT2D eigenvalue weighted by Crippen LogP contribution is 2.46. The van der Waals surface area contributed by atoms with Crippen LogP contribution in [-0.2, 0) is 28.2 Å². The molecule has 0 bridgehead atoms. The minimum atomic E-state index is -0.624. The van der Waals surface area contributed by atoms with Gasteiger partial charge in [-0.25, -0.2) is 9.97 Å². The molecule has 2 aliphatic heterocycles. The second-order valence-electron chi connectivity index (χ2n) is 10.9. The van der Waals surface area contributed by atoms with Gasteiger partial charge in [-0.05, 0) is 55.4 Å². The van der Waals surface area contributed by atoms with Crippen LogP contribution in [0.2, 0.25) is 5.02 Å². The Morgan fingerprint density at radius 3 is 2.72 bits per heavy atom. The number of carbonyl (C=O) groups excluding carboxylic acids is 1. The number of hydrogen-bond acceptors (Lipinski definition) is 7. The predicted molar refractivity (Wildman–Crippen MR) is 150 cm³/mol. The molecule has 2 fully saturated rings. The molecule has 8 nitrogen and oxygen atoms in total. The van der Waals surface area contributed by atoms with Gasteiger partial charge in [0.1, 0.15) is 6.04 Å². The van der Waals surface area contributed by atoms with Crippen LogP contribution < -0.4 is 10.6 Å². The van der Waals surface area contributed by atoms with E-state index in [0.717, 1.165) is 61.2 Å². The summed E-state index contributed by atoms with van der Waals surface area (Å²) < 4.78 is 5.45. The molecule has 3 heterocycles. The fourth-order valence-electron chi connectivity index (χ4n) is 5.69. The van der Waals surface area contributed by atoms with Crippen molar-refractivity contribution in [3.05, 3.63) is 75.9 Å². The van der Waals surface area contributed by atoms with Gasteiger partial charge in [0.2, 0.25) is 11.9 Å². The second kappa shape index (κ2) is 10.8. The van der Waals surface area contributed by atoms with Crippen LogP contribution in [0.1, 0.15) is 47.9 Å². The van der Waals surface area contributed by atoms with Gasteiger partial charge in [-0.2, -0.15) is 0 Å². The Morgan fingerprint density at radius 1 is 1.18 bits per heavy atom. The first kappa shape index (κ1) is 26.2. The number of anilines is 1. The number of hydrogen-bond donors (Lipinski definition) is 3. The van der Waals surface area contributed by atoms with Crippen molar-refractivity contribution in [3.63, 3.8) is 0 Å². The molecule has 1 atom stereocenters. The molecule has 2 aromatic carbocycles. The molecule has 0 radical (unpaired) electrons. The molecule has 204 valence electrons. The molecule has 1 saturated carbocycles. The number of amides is 1. The number of nitrogens with zero attached hydrogens (tertiary/aromatic N) is 3. The third kappa shape index (κ3) is 5.52. The minimum absolute atomic E-state index is 0.132. The largest absolute Gasteiger partial charge is 0.394 e. The van der Waals surface area contributed by atoms with Gasteiger partial charge in [0, 0.05) is 37.9 Å². The Balaban J connectivity index is 1.16. The maximum absolute atomic E-state index is 13.4. The van der Waals surface area contributed by atoms with Crippen molar-refractivity contribution >= 4 is 23.5 Å². The second-order valence-corrected chi connectivity index (χ2v) is 11.4. The Bertz CT molecular complexity index is 1370. The summed E-state index contributed by atoms with van der Waals surface area (Å²) >= 11 is 6.53. The van der Waals surface area contributed by atoms with Crippen molar-refractivity contribution in [2.75, 3.05) is 25.1 Å². The molecule has 3 N–H and O–H groups in total. The number of benzene rings is 2. The third-order valence-corrected chi connectivity index (χ3v) is 8.40. The van der Waals surface area contributed by atoms with E-state index < -0.39 is 6.04 Å². The first-order valence-electron chi connectivity index (χ1n) is 13.7. The Morgan fingerprint density at radius 2 is 1.97 bits per heavy atom. The van der Waals surface area contributed by atoms with E-state index in [-0.39, 0.29) is 24.1 Å². The van der Waals surface area contributed by atoms with E-state index in [2.05, 4.69) is 52.9 Å². The maximum atomic E-state index is 13.4. The number of aryl methyl sites for hydroxylation is 1. The number of ether oxygens (including phenoxy) is 1. The number of carbonyl (C=O) groups is 1. The van der Waals surface area contributed by atoms with E-state index in [1.807, 2.05) is 17.0 Å². The van der Waals surface area contributed by atoms with Crippen LogP contribution in [0.3, 0.4) is 0 Å². The van der Waals surface area contributed by atoms with Crippen molar-refractivity contribution < 1.29 is 14.6 Å². The van der Waals surface area contributed by atoms with Crippen LogP contribution in [-0.4, -0.2) is 57.8 Å². The van der Waals surface area contributed by atoms with Gasteiger partial charge in [-0.1, -0.05) is 53.6 Å². The van der Waals surface area contributed by atoms with Crippen molar-refractivity contribution in [2.24, 2.45) is 0 Å². The molecule has 1 saturated heterocycles. The Hall–Kier alpha value is -3.04.